The number of nitrogens with one attached hydrogen (secondary N) is 1. The summed E-state index contributed by atoms with van der Waals surface area (Å²) in [6.45, 7) is 4.53. The molecule has 112 valence electrons. The van der Waals surface area contributed by atoms with Gasteiger partial charge in [-0.15, -0.1) is 11.8 Å². The molecule has 0 amide bonds. The largest absolute Gasteiger partial charge is 0.480 e. The lowest BCUT2D eigenvalue weighted by Gasteiger charge is -2.20. The first-order valence-electron chi connectivity index (χ1n) is 6.49. The van der Waals surface area contributed by atoms with Gasteiger partial charge in [0.05, 0.1) is 5.02 Å². The summed E-state index contributed by atoms with van der Waals surface area (Å²) in [5.74, 6) is 0.0395. The van der Waals surface area contributed by atoms with E-state index in [4.69, 9.17) is 28.3 Å². The zero-order valence-electron chi connectivity index (χ0n) is 11.5. The number of hydrogen-bond donors (Lipinski definition) is 2. The Labute approximate surface area is 134 Å². The summed E-state index contributed by atoms with van der Waals surface area (Å²) in [4.78, 5) is 12.1. The fourth-order valence-electron chi connectivity index (χ4n) is 1.73. The molecule has 20 heavy (non-hydrogen) atoms. The van der Waals surface area contributed by atoms with Crippen molar-refractivity contribution in [3.8, 4) is 0 Å². The highest BCUT2D eigenvalue weighted by molar-refractivity contribution is 7.99. The summed E-state index contributed by atoms with van der Waals surface area (Å²) in [6.07, 6.45) is 0.831. The molecule has 0 unspecified atom stereocenters. The second-order valence-electron chi connectivity index (χ2n) is 4.58. The van der Waals surface area contributed by atoms with Crippen LogP contribution in [-0.4, -0.2) is 29.4 Å². The fraction of sp³-hybridized carbons (Fsp3) is 0.500. The van der Waals surface area contributed by atoms with Crippen molar-refractivity contribution in [3.05, 3.63) is 28.2 Å². The van der Waals surface area contributed by atoms with Gasteiger partial charge in [-0.2, -0.15) is 0 Å². The summed E-state index contributed by atoms with van der Waals surface area (Å²) in [7, 11) is 0. The maximum atomic E-state index is 11.2. The monoisotopic (exact) mass is 335 g/mol. The van der Waals surface area contributed by atoms with E-state index in [1.54, 1.807) is 23.9 Å². The zero-order valence-corrected chi connectivity index (χ0v) is 13.9. The Hall–Kier alpha value is -0.420. The van der Waals surface area contributed by atoms with E-state index in [1.165, 1.54) is 0 Å². The third-order valence-corrected chi connectivity index (χ3v) is 4.83. The van der Waals surface area contributed by atoms with Gasteiger partial charge in [-0.25, -0.2) is 0 Å². The molecule has 0 bridgehead atoms. The summed E-state index contributed by atoms with van der Waals surface area (Å²) in [5, 5.41) is 13.6. The van der Waals surface area contributed by atoms with E-state index in [-0.39, 0.29) is 5.92 Å². The van der Waals surface area contributed by atoms with Crippen LogP contribution in [0.15, 0.2) is 23.1 Å². The number of rotatable bonds is 8. The van der Waals surface area contributed by atoms with Crippen molar-refractivity contribution in [3.63, 3.8) is 0 Å². The Morgan fingerprint density at radius 2 is 2.15 bits per heavy atom. The fourth-order valence-corrected chi connectivity index (χ4v) is 3.10. The molecule has 0 spiro atoms. The van der Waals surface area contributed by atoms with Gasteiger partial charge in [0, 0.05) is 22.2 Å². The number of benzene rings is 1. The van der Waals surface area contributed by atoms with Gasteiger partial charge >= 0.3 is 5.97 Å². The number of aliphatic carboxylic acids is 1. The molecule has 0 heterocycles. The van der Waals surface area contributed by atoms with E-state index in [0.717, 1.165) is 17.1 Å². The van der Waals surface area contributed by atoms with E-state index in [0.29, 0.717) is 16.6 Å². The quantitative estimate of drug-likeness (QED) is 0.552. The zero-order chi connectivity index (χ0) is 15.1. The summed E-state index contributed by atoms with van der Waals surface area (Å²) in [5.41, 5.74) is 0. The van der Waals surface area contributed by atoms with Crippen LogP contribution in [0.25, 0.3) is 0 Å². The van der Waals surface area contributed by atoms with Crippen LogP contribution < -0.4 is 5.32 Å². The first kappa shape index (κ1) is 17.6. The van der Waals surface area contributed by atoms with Crippen LogP contribution in [0.1, 0.15) is 20.3 Å². The third kappa shape index (κ3) is 5.52. The molecule has 2 N–H and O–H groups in total. The minimum Gasteiger partial charge on any atom is -0.480 e. The highest BCUT2D eigenvalue weighted by Gasteiger charge is 2.22. The predicted molar refractivity (Wildman–Crippen MR) is 86.1 cm³/mol. The van der Waals surface area contributed by atoms with Gasteiger partial charge in [-0.1, -0.05) is 43.5 Å². The number of carboxylic acid groups (broad SMARTS) is 1. The Morgan fingerprint density at radius 3 is 2.75 bits per heavy atom. The van der Waals surface area contributed by atoms with Gasteiger partial charge in [-0.3, -0.25) is 4.79 Å². The highest BCUT2D eigenvalue weighted by atomic mass is 35.5. The minimum absolute atomic E-state index is 0.104. The molecule has 0 fully saturated rings. The van der Waals surface area contributed by atoms with Gasteiger partial charge < -0.3 is 10.4 Å². The Bertz CT molecular complexity index is 457. The lowest BCUT2D eigenvalue weighted by Crippen LogP contribution is -2.42. The lowest BCUT2D eigenvalue weighted by molar-refractivity contribution is -0.140. The van der Waals surface area contributed by atoms with Gasteiger partial charge in [0.1, 0.15) is 6.04 Å². The van der Waals surface area contributed by atoms with E-state index >= 15 is 0 Å². The smallest absolute Gasteiger partial charge is 0.320 e. The molecule has 6 heteroatoms. The highest BCUT2D eigenvalue weighted by Crippen LogP contribution is 2.29. The molecule has 1 rings (SSSR count). The van der Waals surface area contributed by atoms with E-state index in [1.807, 2.05) is 19.9 Å². The van der Waals surface area contributed by atoms with Crippen LogP contribution in [0, 0.1) is 5.92 Å². The SMILES string of the molecule is CC[C@H](C)[C@H](NCCSc1cc(Cl)ccc1Cl)C(=O)O. The van der Waals surface area contributed by atoms with E-state index in [2.05, 4.69) is 5.32 Å². The van der Waals surface area contributed by atoms with Crippen LogP contribution in [0.5, 0.6) is 0 Å². The van der Waals surface area contributed by atoms with Crippen molar-refractivity contribution in [2.75, 3.05) is 12.3 Å². The Morgan fingerprint density at radius 1 is 1.45 bits per heavy atom. The summed E-state index contributed by atoms with van der Waals surface area (Å²) < 4.78 is 0. The van der Waals surface area contributed by atoms with Gasteiger partial charge in [0.2, 0.25) is 0 Å². The Balaban J connectivity index is 2.44. The van der Waals surface area contributed by atoms with Gasteiger partial charge in [-0.05, 0) is 24.1 Å². The average Bonchev–Trinajstić information content (AvgIpc) is 2.41. The predicted octanol–water partition coefficient (Wildman–Crippen LogP) is 4.17. The van der Waals surface area contributed by atoms with Crippen LogP contribution in [-0.2, 0) is 4.79 Å². The van der Waals surface area contributed by atoms with Crippen molar-refractivity contribution < 1.29 is 9.90 Å². The number of halogens is 2. The molecule has 1 aromatic rings. The molecule has 0 aliphatic rings. The van der Waals surface area contributed by atoms with Crippen molar-refractivity contribution in [1.29, 1.82) is 0 Å². The topological polar surface area (TPSA) is 49.3 Å². The molecule has 0 saturated carbocycles. The first-order valence-corrected chi connectivity index (χ1v) is 8.23. The molecular formula is C14H19Cl2NO2S. The maximum absolute atomic E-state index is 11.2. The number of carboxylic acids is 1. The molecule has 1 aromatic carbocycles. The summed E-state index contributed by atoms with van der Waals surface area (Å²) >= 11 is 13.5. The molecule has 0 saturated heterocycles. The van der Waals surface area contributed by atoms with Gasteiger partial charge in [0.15, 0.2) is 0 Å². The standard InChI is InChI=1S/C14H19Cl2NO2S/c1-3-9(2)13(14(18)19)17-6-7-20-12-8-10(15)4-5-11(12)16/h4-5,8-9,13,17H,3,6-7H2,1-2H3,(H,18,19)/t9-,13-/m0/s1. The van der Waals surface area contributed by atoms with Crippen LogP contribution in [0.3, 0.4) is 0 Å². The Kier molecular flexibility index (Phi) is 7.74. The molecule has 0 radical (unpaired) electrons. The van der Waals surface area contributed by atoms with Crippen molar-refractivity contribution >= 4 is 40.9 Å². The molecule has 0 aliphatic carbocycles. The van der Waals surface area contributed by atoms with Gasteiger partial charge in [0.25, 0.3) is 0 Å². The van der Waals surface area contributed by atoms with E-state index in [9.17, 15) is 4.79 Å². The molecule has 2 atom stereocenters. The van der Waals surface area contributed by atoms with Crippen molar-refractivity contribution in [2.24, 2.45) is 5.92 Å². The van der Waals surface area contributed by atoms with E-state index < -0.39 is 12.0 Å². The van der Waals surface area contributed by atoms with Crippen molar-refractivity contribution in [1.82, 2.24) is 5.32 Å². The van der Waals surface area contributed by atoms with Crippen LogP contribution in [0.2, 0.25) is 10.0 Å². The lowest BCUT2D eigenvalue weighted by atomic mass is 9.99. The molecule has 0 aliphatic heterocycles. The first-order chi connectivity index (χ1) is 9.45. The second-order valence-corrected chi connectivity index (χ2v) is 6.56. The summed E-state index contributed by atoms with van der Waals surface area (Å²) in [6, 6.07) is 4.82. The van der Waals surface area contributed by atoms with Crippen molar-refractivity contribution in [2.45, 2.75) is 31.2 Å². The second kappa shape index (κ2) is 8.78. The third-order valence-electron chi connectivity index (χ3n) is 3.10. The number of carbonyl (C=O) groups is 1. The minimum atomic E-state index is -0.801. The van der Waals surface area contributed by atoms with Crippen LogP contribution in [0.4, 0.5) is 0 Å². The molecule has 0 aromatic heterocycles. The molecular weight excluding hydrogens is 317 g/mol. The normalized spacial score (nSPS) is 14.0. The number of thioether (sulfide) groups is 1. The average molecular weight is 336 g/mol. The molecule has 3 nitrogen and oxygen atoms in total. The van der Waals surface area contributed by atoms with Crippen LogP contribution >= 0.6 is 35.0 Å². The number of hydrogen-bond acceptors (Lipinski definition) is 3. The maximum Gasteiger partial charge on any atom is 0.320 e.